The van der Waals surface area contributed by atoms with Crippen molar-refractivity contribution in [2.24, 2.45) is 0 Å². The van der Waals surface area contributed by atoms with E-state index in [0.717, 1.165) is 29.4 Å². The molecule has 4 aromatic rings. The maximum atomic E-state index is 12.8. The van der Waals surface area contributed by atoms with Crippen LogP contribution in [0.5, 0.6) is 0 Å². The Bertz CT molecular complexity index is 1310. The Morgan fingerprint density at radius 1 is 1.13 bits per heavy atom. The first-order valence-corrected chi connectivity index (χ1v) is 9.90. The molecule has 0 aliphatic heterocycles. The number of fused-ring (bicyclic) bond motifs is 1. The molecule has 0 aliphatic carbocycles. The summed E-state index contributed by atoms with van der Waals surface area (Å²) in [5, 5.41) is 12.0. The van der Waals surface area contributed by atoms with E-state index in [0.29, 0.717) is 10.4 Å². The Kier molecular flexibility index (Phi) is 6.84. The third kappa shape index (κ3) is 4.82. The van der Waals surface area contributed by atoms with E-state index in [1.807, 2.05) is 55.5 Å². The van der Waals surface area contributed by atoms with Gasteiger partial charge >= 0.3 is 5.69 Å². The zero-order chi connectivity index (χ0) is 22.5. The minimum Gasteiger partial charge on any atom is -0.378 e. The third-order valence-corrected chi connectivity index (χ3v) is 4.91. The van der Waals surface area contributed by atoms with Gasteiger partial charge in [-0.2, -0.15) is 4.98 Å². The molecule has 0 unspecified atom stereocenters. The van der Waals surface area contributed by atoms with E-state index in [9.17, 15) is 14.9 Å². The fraction of sp³-hybridized carbons (Fsp3) is 0.0952. The highest BCUT2D eigenvalue weighted by molar-refractivity contribution is 6.35. The fourth-order valence-corrected chi connectivity index (χ4v) is 3.40. The lowest BCUT2D eigenvalue weighted by Gasteiger charge is -2.14. The average Bonchev–Trinajstić information content (AvgIpc) is 2.74. The van der Waals surface area contributed by atoms with Crippen LogP contribution in [0.2, 0.25) is 10.3 Å². The molecule has 31 heavy (non-hydrogen) atoms. The van der Waals surface area contributed by atoms with Crippen molar-refractivity contribution >= 4 is 45.5 Å². The van der Waals surface area contributed by atoms with E-state index < -0.39 is 4.92 Å². The molecule has 0 spiro atoms. The number of hydrogen-bond acceptors (Lipinski definition) is 6. The number of nitro groups is 1. The number of anilines is 1. The summed E-state index contributed by atoms with van der Waals surface area (Å²) in [4.78, 5) is 29.0. The molecule has 0 aliphatic rings. The number of pyridine rings is 1. The number of nitrogens with two attached hydrogens (primary N) is 1. The number of nitrogen functional groups attached to an aromatic ring is 1. The molecule has 158 valence electrons. The monoisotopic (exact) mass is 457 g/mol. The second-order valence-corrected chi connectivity index (χ2v) is 7.08. The van der Waals surface area contributed by atoms with Crippen LogP contribution in [0.15, 0.2) is 65.6 Å². The van der Waals surface area contributed by atoms with Crippen molar-refractivity contribution in [2.75, 3.05) is 5.73 Å². The summed E-state index contributed by atoms with van der Waals surface area (Å²) in [6, 6.07) is 17.3. The Labute approximate surface area is 187 Å². The van der Waals surface area contributed by atoms with Gasteiger partial charge in [0.1, 0.15) is 6.20 Å². The van der Waals surface area contributed by atoms with Crippen LogP contribution in [-0.4, -0.2) is 19.5 Å². The van der Waals surface area contributed by atoms with Crippen LogP contribution < -0.4 is 11.3 Å². The normalized spacial score (nSPS) is 10.4. The van der Waals surface area contributed by atoms with Gasteiger partial charge in [0, 0.05) is 11.4 Å². The molecule has 0 saturated heterocycles. The molecule has 0 amide bonds. The SMILES string of the molecule is CCc1cc2cccc(Cl)c2c(=O)n1-c1ccccc1.Nc1nc(Cl)ncc1[N+](=O)[O-]. The zero-order valence-electron chi connectivity index (χ0n) is 16.3. The van der Waals surface area contributed by atoms with E-state index >= 15 is 0 Å². The van der Waals surface area contributed by atoms with Gasteiger partial charge in [0.25, 0.3) is 5.56 Å². The summed E-state index contributed by atoms with van der Waals surface area (Å²) < 4.78 is 1.74. The first kappa shape index (κ1) is 22.2. The average molecular weight is 458 g/mol. The van der Waals surface area contributed by atoms with E-state index in [2.05, 4.69) is 9.97 Å². The second-order valence-electron chi connectivity index (χ2n) is 6.34. The van der Waals surface area contributed by atoms with Crippen molar-refractivity contribution < 1.29 is 4.92 Å². The summed E-state index contributed by atoms with van der Waals surface area (Å²) in [6.07, 6.45) is 1.75. The van der Waals surface area contributed by atoms with Crippen molar-refractivity contribution in [3.8, 4) is 5.69 Å². The fourth-order valence-electron chi connectivity index (χ4n) is 3.00. The summed E-state index contributed by atoms with van der Waals surface area (Å²) in [5.41, 5.74) is 6.60. The molecule has 8 nitrogen and oxygen atoms in total. The van der Waals surface area contributed by atoms with Crippen molar-refractivity contribution in [1.29, 1.82) is 0 Å². The molecule has 0 bridgehead atoms. The molecule has 4 rings (SSSR count). The largest absolute Gasteiger partial charge is 0.378 e. The first-order chi connectivity index (χ1) is 14.8. The predicted molar refractivity (Wildman–Crippen MR) is 122 cm³/mol. The van der Waals surface area contributed by atoms with Crippen molar-refractivity contribution in [1.82, 2.24) is 14.5 Å². The van der Waals surface area contributed by atoms with Gasteiger partial charge in [-0.15, -0.1) is 0 Å². The molecule has 0 atom stereocenters. The standard InChI is InChI=1S/C17H14ClNO.C4H3ClN4O2/c1-2-13-11-12-7-6-10-15(18)16(12)17(20)19(13)14-8-4-3-5-9-14;5-4-7-1-2(9(10)11)3(6)8-4/h3-11H,2H2,1H3;1H,(H2,6,7,8). The van der Waals surface area contributed by atoms with Crippen molar-refractivity contribution in [3.05, 3.63) is 97.3 Å². The topological polar surface area (TPSA) is 117 Å². The van der Waals surface area contributed by atoms with Crippen LogP contribution in [0, 0.1) is 10.1 Å². The zero-order valence-corrected chi connectivity index (χ0v) is 17.8. The maximum Gasteiger partial charge on any atom is 0.329 e. The van der Waals surface area contributed by atoms with Gasteiger partial charge in [0.05, 0.1) is 15.3 Å². The van der Waals surface area contributed by atoms with Gasteiger partial charge in [0.2, 0.25) is 11.1 Å². The smallest absolute Gasteiger partial charge is 0.329 e. The minimum atomic E-state index is -0.675. The van der Waals surface area contributed by atoms with E-state index in [1.165, 1.54) is 0 Å². The van der Waals surface area contributed by atoms with E-state index in [4.69, 9.17) is 28.9 Å². The number of benzene rings is 2. The van der Waals surface area contributed by atoms with Crippen LogP contribution in [0.25, 0.3) is 16.5 Å². The van der Waals surface area contributed by atoms with Gasteiger partial charge in [0.15, 0.2) is 0 Å². The lowest BCUT2D eigenvalue weighted by molar-refractivity contribution is -0.384. The summed E-state index contributed by atoms with van der Waals surface area (Å²) in [5.74, 6) is -0.227. The van der Waals surface area contributed by atoms with Gasteiger partial charge in [-0.05, 0) is 47.7 Å². The lowest BCUT2D eigenvalue weighted by atomic mass is 10.1. The quantitative estimate of drug-likeness (QED) is 0.267. The predicted octanol–water partition coefficient (Wildman–Crippen LogP) is 4.83. The highest BCUT2D eigenvalue weighted by atomic mass is 35.5. The second kappa shape index (κ2) is 9.55. The molecule has 0 radical (unpaired) electrons. The number of nitrogens with zero attached hydrogens (tertiary/aromatic N) is 4. The Hall–Kier alpha value is -3.49. The number of hydrogen-bond donors (Lipinski definition) is 1. The van der Waals surface area contributed by atoms with Crippen LogP contribution in [0.4, 0.5) is 11.5 Å². The number of aromatic nitrogens is 3. The summed E-state index contributed by atoms with van der Waals surface area (Å²) in [6.45, 7) is 2.05. The van der Waals surface area contributed by atoms with Gasteiger partial charge < -0.3 is 5.73 Å². The van der Waals surface area contributed by atoms with Crippen LogP contribution in [-0.2, 0) is 6.42 Å². The molecule has 2 aromatic heterocycles. The van der Waals surface area contributed by atoms with Gasteiger partial charge in [-0.3, -0.25) is 19.5 Å². The van der Waals surface area contributed by atoms with E-state index in [1.54, 1.807) is 10.6 Å². The van der Waals surface area contributed by atoms with Gasteiger partial charge in [-0.1, -0.05) is 48.9 Å². The number of aryl methyl sites for hydroxylation is 1. The number of rotatable bonds is 3. The summed E-state index contributed by atoms with van der Waals surface area (Å²) in [7, 11) is 0. The number of halogens is 2. The Balaban J connectivity index is 0.000000210. The lowest BCUT2D eigenvalue weighted by Crippen LogP contribution is -2.22. The highest BCUT2D eigenvalue weighted by Gasteiger charge is 2.13. The molecule has 0 saturated carbocycles. The molecule has 2 aromatic carbocycles. The molecule has 10 heteroatoms. The maximum absolute atomic E-state index is 12.8. The van der Waals surface area contributed by atoms with Crippen molar-refractivity contribution in [2.45, 2.75) is 13.3 Å². The minimum absolute atomic E-state index is 0.0591. The third-order valence-electron chi connectivity index (χ3n) is 4.41. The Morgan fingerprint density at radius 3 is 2.45 bits per heavy atom. The number of para-hydroxylation sites is 1. The van der Waals surface area contributed by atoms with Crippen LogP contribution in [0.1, 0.15) is 12.6 Å². The summed E-state index contributed by atoms with van der Waals surface area (Å²) >= 11 is 11.5. The molecule has 0 fully saturated rings. The van der Waals surface area contributed by atoms with E-state index in [-0.39, 0.29) is 22.3 Å². The first-order valence-electron chi connectivity index (χ1n) is 9.14. The Morgan fingerprint density at radius 2 is 1.84 bits per heavy atom. The molecular formula is C21H17Cl2N5O3. The van der Waals surface area contributed by atoms with Crippen LogP contribution in [0.3, 0.4) is 0 Å². The highest BCUT2D eigenvalue weighted by Crippen LogP contribution is 2.22. The van der Waals surface area contributed by atoms with Gasteiger partial charge in [-0.25, -0.2) is 4.98 Å². The molecule has 2 heterocycles. The van der Waals surface area contributed by atoms with Crippen molar-refractivity contribution in [3.63, 3.8) is 0 Å². The molecular weight excluding hydrogens is 441 g/mol. The van der Waals surface area contributed by atoms with Crippen LogP contribution >= 0.6 is 23.2 Å². The molecule has 2 N–H and O–H groups in total.